The summed E-state index contributed by atoms with van der Waals surface area (Å²) in [6, 6.07) is 6.04. The third kappa shape index (κ3) is 4.96. The Balaban J connectivity index is 1.50. The zero-order valence-electron chi connectivity index (χ0n) is 15.3. The Morgan fingerprint density at radius 2 is 1.92 bits per heavy atom. The topological polar surface area (TPSA) is 67.6 Å². The third-order valence-corrected chi connectivity index (χ3v) is 6.10. The fourth-order valence-corrected chi connectivity index (χ4v) is 4.59. The van der Waals surface area contributed by atoms with Crippen LogP contribution in [0.15, 0.2) is 22.7 Å². The molecule has 1 aliphatic heterocycles. The van der Waals surface area contributed by atoms with Gasteiger partial charge in [-0.15, -0.1) is 0 Å². The van der Waals surface area contributed by atoms with E-state index in [0.29, 0.717) is 23.9 Å². The Morgan fingerprint density at radius 1 is 1.23 bits per heavy atom. The lowest BCUT2D eigenvalue weighted by Crippen LogP contribution is -2.46. The number of ether oxygens (including phenoxy) is 1. The third-order valence-electron chi connectivity index (χ3n) is 5.61. The maximum absolute atomic E-state index is 11.2. The summed E-state index contributed by atoms with van der Waals surface area (Å²) in [5.41, 5.74) is 0.755. The number of nitrogens with one attached hydrogen (secondary N) is 1. The number of halogens is 1. The molecule has 0 aromatic heterocycles. The molecule has 0 radical (unpaired) electrons. The highest BCUT2D eigenvalue weighted by atomic mass is 79.9. The van der Waals surface area contributed by atoms with Crippen LogP contribution in [0.1, 0.15) is 45.4 Å². The molecule has 0 atom stereocenters. The van der Waals surface area contributed by atoms with E-state index in [1.807, 2.05) is 0 Å². The Bertz CT molecular complexity index is 612. The average Bonchev–Trinajstić information content (AvgIpc) is 2.63. The first-order valence-electron chi connectivity index (χ1n) is 9.63. The van der Waals surface area contributed by atoms with Gasteiger partial charge in [0.05, 0.1) is 11.0 Å². The number of nitrogens with zero attached hydrogens (tertiary/aromatic N) is 2. The number of nitro benzene ring substituents is 1. The van der Waals surface area contributed by atoms with Gasteiger partial charge in [-0.2, -0.15) is 0 Å². The molecule has 1 saturated carbocycles. The van der Waals surface area contributed by atoms with Crippen LogP contribution in [-0.2, 0) is 4.74 Å². The number of benzene rings is 1. The van der Waals surface area contributed by atoms with E-state index in [1.165, 1.54) is 25.7 Å². The first-order chi connectivity index (χ1) is 12.6. The van der Waals surface area contributed by atoms with Crippen molar-refractivity contribution >= 4 is 27.3 Å². The quantitative estimate of drug-likeness (QED) is 0.533. The second-order valence-electron chi connectivity index (χ2n) is 7.26. The molecule has 144 valence electrons. The van der Waals surface area contributed by atoms with Crippen LogP contribution in [0, 0.1) is 10.1 Å². The summed E-state index contributed by atoms with van der Waals surface area (Å²) >= 11 is 3.41. The van der Waals surface area contributed by atoms with E-state index in [0.717, 1.165) is 37.0 Å². The summed E-state index contributed by atoms with van der Waals surface area (Å²) in [5, 5.41) is 14.6. The predicted octanol–water partition coefficient (Wildman–Crippen LogP) is 4.58. The maximum Gasteiger partial charge on any atom is 0.292 e. The standard InChI is InChI=1S/C19H28BrN3O3/c1-2-26-17-6-4-16(5-7-17)22-11-9-15(10-12-22)21-18-13-14(20)3-8-19(18)23(24)25/h3,8,13,15-17,21H,2,4-7,9-12H2,1H3. The van der Waals surface area contributed by atoms with Crippen LogP contribution in [-0.4, -0.2) is 47.7 Å². The minimum absolute atomic E-state index is 0.143. The minimum atomic E-state index is -0.319. The van der Waals surface area contributed by atoms with Crippen molar-refractivity contribution in [3.8, 4) is 0 Å². The van der Waals surface area contributed by atoms with Crippen molar-refractivity contribution in [3.05, 3.63) is 32.8 Å². The van der Waals surface area contributed by atoms with Crippen LogP contribution in [0.25, 0.3) is 0 Å². The molecular formula is C19H28BrN3O3. The van der Waals surface area contributed by atoms with Crippen LogP contribution in [0.4, 0.5) is 11.4 Å². The number of rotatable bonds is 6. The summed E-state index contributed by atoms with van der Waals surface area (Å²) in [6.07, 6.45) is 7.28. The average molecular weight is 426 g/mol. The van der Waals surface area contributed by atoms with Crippen molar-refractivity contribution in [1.82, 2.24) is 4.90 Å². The molecule has 1 aromatic carbocycles. The largest absolute Gasteiger partial charge is 0.379 e. The molecule has 1 aromatic rings. The van der Waals surface area contributed by atoms with Crippen molar-refractivity contribution in [2.24, 2.45) is 0 Å². The van der Waals surface area contributed by atoms with Crippen LogP contribution >= 0.6 is 15.9 Å². The minimum Gasteiger partial charge on any atom is -0.379 e. The Hall–Kier alpha value is -1.18. The second-order valence-corrected chi connectivity index (χ2v) is 8.17. The van der Waals surface area contributed by atoms with E-state index < -0.39 is 0 Å². The molecule has 0 spiro atoms. The van der Waals surface area contributed by atoms with Gasteiger partial charge in [0.25, 0.3) is 5.69 Å². The van der Waals surface area contributed by atoms with Crippen LogP contribution in [0.3, 0.4) is 0 Å². The van der Waals surface area contributed by atoms with Crippen LogP contribution in [0.2, 0.25) is 0 Å². The van der Waals surface area contributed by atoms with E-state index in [-0.39, 0.29) is 10.6 Å². The molecule has 2 aliphatic rings. The van der Waals surface area contributed by atoms with Gasteiger partial charge in [0.2, 0.25) is 0 Å². The molecule has 0 amide bonds. The van der Waals surface area contributed by atoms with Crippen LogP contribution < -0.4 is 5.32 Å². The lowest BCUT2D eigenvalue weighted by Gasteiger charge is -2.41. The Labute approximate surface area is 163 Å². The smallest absolute Gasteiger partial charge is 0.292 e. The molecule has 1 saturated heterocycles. The highest BCUT2D eigenvalue weighted by Crippen LogP contribution is 2.31. The first-order valence-corrected chi connectivity index (χ1v) is 10.4. The van der Waals surface area contributed by atoms with Gasteiger partial charge in [0.1, 0.15) is 5.69 Å². The van der Waals surface area contributed by atoms with Crippen molar-refractivity contribution in [1.29, 1.82) is 0 Å². The molecule has 0 unspecified atom stereocenters. The number of likely N-dealkylation sites (tertiary alicyclic amines) is 1. The summed E-state index contributed by atoms with van der Waals surface area (Å²) in [4.78, 5) is 13.5. The zero-order chi connectivity index (χ0) is 18.5. The normalized spacial score (nSPS) is 25.2. The van der Waals surface area contributed by atoms with Crippen molar-refractivity contribution in [3.63, 3.8) is 0 Å². The van der Waals surface area contributed by atoms with E-state index in [1.54, 1.807) is 18.2 Å². The molecule has 1 N–H and O–H groups in total. The van der Waals surface area contributed by atoms with Gasteiger partial charge >= 0.3 is 0 Å². The highest BCUT2D eigenvalue weighted by molar-refractivity contribution is 9.10. The lowest BCUT2D eigenvalue weighted by atomic mass is 9.90. The fraction of sp³-hybridized carbons (Fsp3) is 0.684. The van der Waals surface area contributed by atoms with E-state index in [4.69, 9.17) is 4.74 Å². The molecule has 6 nitrogen and oxygen atoms in total. The monoisotopic (exact) mass is 425 g/mol. The van der Waals surface area contributed by atoms with Crippen molar-refractivity contribution in [2.45, 2.75) is 63.6 Å². The molecule has 0 bridgehead atoms. The summed E-state index contributed by atoms with van der Waals surface area (Å²) in [7, 11) is 0. The number of hydrogen-bond donors (Lipinski definition) is 1. The van der Waals surface area contributed by atoms with Crippen molar-refractivity contribution < 1.29 is 9.66 Å². The van der Waals surface area contributed by atoms with Gasteiger partial charge in [-0.05, 0) is 57.6 Å². The lowest BCUT2D eigenvalue weighted by molar-refractivity contribution is -0.384. The molecule has 7 heteroatoms. The summed E-state index contributed by atoms with van der Waals surface area (Å²) in [5.74, 6) is 0. The molecule has 2 fully saturated rings. The number of hydrogen-bond acceptors (Lipinski definition) is 5. The van der Waals surface area contributed by atoms with E-state index >= 15 is 0 Å². The SMILES string of the molecule is CCOC1CCC(N2CCC(Nc3cc(Br)ccc3[N+](=O)[O-])CC2)CC1. The van der Waals surface area contributed by atoms with Crippen molar-refractivity contribution in [2.75, 3.05) is 25.0 Å². The predicted molar refractivity (Wildman–Crippen MR) is 107 cm³/mol. The van der Waals surface area contributed by atoms with E-state index in [9.17, 15) is 10.1 Å². The second kappa shape index (κ2) is 9.15. The summed E-state index contributed by atoms with van der Waals surface area (Å²) in [6.45, 7) is 5.00. The Kier molecular flexibility index (Phi) is 6.89. The van der Waals surface area contributed by atoms with Gasteiger partial charge in [0, 0.05) is 42.3 Å². The van der Waals surface area contributed by atoms with Crippen LogP contribution in [0.5, 0.6) is 0 Å². The van der Waals surface area contributed by atoms with Gasteiger partial charge < -0.3 is 15.0 Å². The zero-order valence-corrected chi connectivity index (χ0v) is 16.9. The van der Waals surface area contributed by atoms with E-state index in [2.05, 4.69) is 33.1 Å². The molecule has 3 rings (SSSR count). The van der Waals surface area contributed by atoms with Gasteiger partial charge in [-0.25, -0.2) is 0 Å². The molecule has 26 heavy (non-hydrogen) atoms. The molecule has 1 heterocycles. The molecular weight excluding hydrogens is 398 g/mol. The summed E-state index contributed by atoms with van der Waals surface area (Å²) < 4.78 is 6.61. The number of nitro groups is 1. The number of anilines is 1. The maximum atomic E-state index is 11.2. The fourth-order valence-electron chi connectivity index (χ4n) is 4.22. The molecule has 1 aliphatic carbocycles. The van der Waals surface area contributed by atoms with Gasteiger partial charge in [-0.3, -0.25) is 10.1 Å². The number of piperidine rings is 1. The Morgan fingerprint density at radius 3 is 2.54 bits per heavy atom. The van der Waals surface area contributed by atoms with Gasteiger partial charge in [0.15, 0.2) is 0 Å². The first kappa shape index (κ1) is 19.6. The highest BCUT2D eigenvalue weighted by Gasteiger charge is 2.29. The van der Waals surface area contributed by atoms with Gasteiger partial charge in [-0.1, -0.05) is 15.9 Å².